The van der Waals surface area contributed by atoms with Crippen molar-refractivity contribution in [2.75, 3.05) is 0 Å². The van der Waals surface area contributed by atoms with Crippen LogP contribution in [0, 0.1) is 12.3 Å². The average molecular weight is 366 g/mol. The summed E-state index contributed by atoms with van der Waals surface area (Å²) in [6, 6.07) is 2.63. The average Bonchev–Trinajstić information content (AvgIpc) is 3.00. The molecule has 2 aromatic rings. The van der Waals surface area contributed by atoms with E-state index in [2.05, 4.69) is 18.6 Å². The number of aromatic carboxylic acids is 1. The lowest BCUT2D eigenvalue weighted by atomic mass is 9.75. The summed E-state index contributed by atoms with van der Waals surface area (Å²) in [7, 11) is -2.35. The van der Waals surface area contributed by atoms with Gasteiger partial charge in [0, 0.05) is 25.2 Å². The molecule has 8 heteroatoms. The van der Waals surface area contributed by atoms with Crippen molar-refractivity contribution < 1.29 is 22.7 Å². The summed E-state index contributed by atoms with van der Waals surface area (Å²) in [6.07, 6.45) is 2.70. The highest BCUT2D eigenvalue weighted by molar-refractivity contribution is 7.89. The number of furan rings is 1. The highest BCUT2D eigenvalue weighted by atomic mass is 32.2. The van der Waals surface area contributed by atoms with Crippen LogP contribution in [-0.2, 0) is 23.5 Å². The first-order valence-corrected chi connectivity index (χ1v) is 9.48. The molecule has 2 N–H and O–H groups in total. The lowest BCUT2D eigenvalue weighted by molar-refractivity contribution is 0.0686. The minimum absolute atomic E-state index is 0.0578. The molecule has 0 bridgehead atoms. The van der Waals surface area contributed by atoms with E-state index in [1.54, 1.807) is 0 Å². The lowest BCUT2D eigenvalue weighted by Crippen LogP contribution is -2.35. The van der Waals surface area contributed by atoms with Crippen LogP contribution in [0.2, 0.25) is 0 Å². The number of nitrogens with zero attached hydrogens (tertiary/aromatic N) is 1. The van der Waals surface area contributed by atoms with Crippen LogP contribution in [0.15, 0.2) is 27.6 Å². The van der Waals surface area contributed by atoms with E-state index in [-0.39, 0.29) is 16.0 Å². The molecule has 0 aromatic carbocycles. The van der Waals surface area contributed by atoms with Crippen LogP contribution in [-0.4, -0.2) is 24.1 Å². The molecule has 3 rings (SSSR count). The fourth-order valence-corrected chi connectivity index (χ4v) is 4.72. The Kier molecular flexibility index (Phi) is 4.08. The van der Waals surface area contributed by atoms with Gasteiger partial charge in [-0.25, -0.2) is 17.9 Å². The number of sulfonamides is 1. The zero-order chi connectivity index (χ0) is 18.6. The van der Waals surface area contributed by atoms with Gasteiger partial charge in [-0.15, -0.1) is 0 Å². The van der Waals surface area contributed by atoms with Gasteiger partial charge in [-0.3, -0.25) is 0 Å². The fourth-order valence-electron chi connectivity index (χ4n) is 3.44. The second kappa shape index (κ2) is 5.74. The highest BCUT2D eigenvalue weighted by Gasteiger charge is 2.37. The summed E-state index contributed by atoms with van der Waals surface area (Å²) < 4.78 is 35.3. The SMILES string of the molecule is Cc1cc2c(o1)CC(C)(C)CC2NS(=O)(=O)c1cc(C(=O)O)n(C)c1. The quantitative estimate of drug-likeness (QED) is 0.866. The van der Waals surface area contributed by atoms with Gasteiger partial charge in [0.1, 0.15) is 22.1 Å². The Morgan fingerprint density at radius 1 is 1.40 bits per heavy atom. The summed E-state index contributed by atoms with van der Waals surface area (Å²) in [5.41, 5.74) is 0.673. The van der Waals surface area contributed by atoms with Crippen LogP contribution in [0.5, 0.6) is 0 Å². The Labute approximate surface area is 146 Å². The van der Waals surface area contributed by atoms with E-state index >= 15 is 0 Å². The molecule has 0 saturated heterocycles. The van der Waals surface area contributed by atoms with Gasteiger partial charge >= 0.3 is 5.97 Å². The van der Waals surface area contributed by atoms with Gasteiger partial charge in [0.05, 0.1) is 6.04 Å². The van der Waals surface area contributed by atoms with E-state index in [9.17, 15) is 13.2 Å². The van der Waals surface area contributed by atoms with Crippen LogP contribution in [0.3, 0.4) is 0 Å². The van der Waals surface area contributed by atoms with Crippen LogP contribution < -0.4 is 4.72 Å². The summed E-state index contributed by atoms with van der Waals surface area (Å²) in [5, 5.41) is 9.12. The smallest absolute Gasteiger partial charge is 0.352 e. The monoisotopic (exact) mass is 366 g/mol. The molecule has 0 aliphatic heterocycles. The number of carboxylic acid groups (broad SMARTS) is 1. The van der Waals surface area contributed by atoms with Crippen molar-refractivity contribution in [3.8, 4) is 0 Å². The second-order valence-electron chi connectivity index (χ2n) is 7.43. The van der Waals surface area contributed by atoms with Crippen molar-refractivity contribution in [1.29, 1.82) is 0 Å². The fraction of sp³-hybridized carbons (Fsp3) is 0.471. The number of hydrogen-bond acceptors (Lipinski definition) is 4. The lowest BCUT2D eigenvalue weighted by Gasteiger charge is -2.34. The molecular weight excluding hydrogens is 344 g/mol. The first-order chi connectivity index (χ1) is 11.5. The van der Waals surface area contributed by atoms with Crippen LogP contribution in [0.4, 0.5) is 0 Å². The standard InChI is InChI=1S/C17H22N2O5S/c1-10-5-12-13(7-17(2,3)8-15(12)24-10)18-25(22,23)11-6-14(16(20)21)19(4)9-11/h5-6,9,13,18H,7-8H2,1-4H3,(H,20,21). The van der Waals surface area contributed by atoms with E-state index in [1.807, 2.05) is 13.0 Å². The van der Waals surface area contributed by atoms with Gasteiger partial charge in [0.15, 0.2) is 0 Å². The summed E-state index contributed by atoms with van der Waals surface area (Å²) in [6.45, 7) is 5.98. The second-order valence-corrected chi connectivity index (χ2v) is 9.15. The van der Waals surface area contributed by atoms with Crippen molar-refractivity contribution in [2.45, 2.75) is 44.6 Å². The molecule has 1 aliphatic rings. The van der Waals surface area contributed by atoms with E-state index in [1.165, 1.54) is 23.9 Å². The third-order valence-electron chi connectivity index (χ3n) is 4.54. The van der Waals surface area contributed by atoms with E-state index in [4.69, 9.17) is 9.52 Å². The van der Waals surface area contributed by atoms with Crippen molar-refractivity contribution in [3.05, 3.63) is 41.1 Å². The van der Waals surface area contributed by atoms with E-state index < -0.39 is 22.0 Å². The van der Waals surface area contributed by atoms with E-state index in [0.717, 1.165) is 23.5 Å². The molecule has 2 heterocycles. The van der Waals surface area contributed by atoms with Crippen molar-refractivity contribution in [3.63, 3.8) is 0 Å². The Balaban J connectivity index is 1.95. The molecule has 1 atom stereocenters. The summed E-state index contributed by atoms with van der Waals surface area (Å²) in [4.78, 5) is 11.1. The molecule has 0 saturated carbocycles. The first-order valence-electron chi connectivity index (χ1n) is 8.00. The Hall–Kier alpha value is -2.06. The molecule has 25 heavy (non-hydrogen) atoms. The maximum absolute atomic E-state index is 12.8. The van der Waals surface area contributed by atoms with Crippen molar-refractivity contribution in [1.82, 2.24) is 9.29 Å². The number of carboxylic acids is 1. The zero-order valence-electron chi connectivity index (χ0n) is 14.7. The van der Waals surface area contributed by atoms with Gasteiger partial charge in [-0.2, -0.15) is 0 Å². The van der Waals surface area contributed by atoms with Gasteiger partial charge in [0.25, 0.3) is 0 Å². The number of rotatable bonds is 4. The third-order valence-corrected chi connectivity index (χ3v) is 5.98. The number of carbonyl (C=O) groups is 1. The van der Waals surface area contributed by atoms with Gasteiger partial charge in [-0.1, -0.05) is 13.8 Å². The summed E-state index contributed by atoms with van der Waals surface area (Å²) in [5.74, 6) is 0.385. The topological polar surface area (TPSA) is 102 Å². The predicted molar refractivity (Wildman–Crippen MR) is 91.0 cm³/mol. The van der Waals surface area contributed by atoms with Crippen LogP contribution in [0.1, 0.15) is 53.9 Å². The molecule has 0 fully saturated rings. The number of fused-ring (bicyclic) bond motifs is 1. The maximum atomic E-state index is 12.8. The Morgan fingerprint density at radius 2 is 2.08 bits per heavy atom. The zero-order valence-corrected chi connectivity index (χ0v) is 15.5. The minimum Gasteiger partial charge on any atom is -0.477 e. The number of aryl methyl sites for hydroxylation is 2. The molecule has 0 radical (unpaired) electrons. The molecule has 2 aromatic heterocycles. The first kappa shape index (κ1) is 17.8. The summed E-state index contributed by atoms with van der Waals surface area (Å²) >= 11 is 0. The molecule has 1 aliphatic carbocycles. The van der Waals surface area contributed by atoms with E-state index in [0.29, 0.717) is 6.42 Å². The number of nitrogens with one attached hydrogen (secondary N) is 1. The highest BCUT2D eigenvalue weighted by Crippen LogP contribution is 2.42. The molecule has 7 nitrogen and oxygen atoms in total. The minimum atomic E-state index is -3.85. The van der Waals surface area contributed by atoms with Gasteiger partial charge in [0.2, 0.25) is 10.0 Å². The van der Waals surface area contributed by atoms with Gasteiger partial charge < -0.3 is 14.1 Å². The molecule has 136 valence electrons. The van der Waals surface area contributed by atoms with Crippen molar-refractivity contribution in [2.24, 2.45) is 12.5 Å². The van der Waals surface area contributed by atoms with Crippen molar-refractivity contribution >= 4 is 16.0 Å². The number of hydrogen-bond donors (Lipinski definition) is 2. The molecule has 1 unspecified atom stereocenters. The van der Waals surface area contributed by atoms with Crippen LogP contribution in [0.25, 0.3) is 0 Å². The van der Waals surface area contributed by atoms with Gasteiger partial charge in [-0.05, 0) is 30.9 Å². The Morgan fingerprint density at radius 3 is 2.68 bits per heavy atom. The molecule has 0 amide bonds. The number of aromatic nitrogens is 1. The predicted octanol–water partition coefficient (Wildman–Crippen LogP) is 2.62. The third kappa shape index (κ3) is 3.36. The maximum Gasteiger partial charge on any atom is 0.352 e. The Bertz CT molecular complexity index is 936. The van der Waals surface area contributed by atoms with Crippen LogP contribution >= 0.6 is 0 Å². The largest absolute Gasteiger partial charge is 0.477 e. The molecular formula is C17H22N2O5S. The normalized spacial score (nSPS) is 19.6. The molecule has 0 spiro atoms.